The van der Waals surface area contributed by atoms with E-state index in [0.717, 1.165) is 5.57 Å². The number of allylic oxidation sites excluding steroid dienone is 2. The maximum Gasteiger partial charge on any atom is -0.0263 e. The van der Waals surface area contributed by atoms with Gasteiger partial charge in [0.2, 0.25) is 0 Å². The first-order valence-electron chi connectivity index (χ1n) is 10.7. The summed E-state index contributed by atoms with van der Waals surface area (Å²) in [6, 6.07) is 20.1. The lowest BCUT2D eigenvalue weighted by Crippen LogP contribution is -1.73. The molecule has 0 aromatic heterocycles. The van der Waals surface area contributed by atoms with Crippen LogP contribution in [0.2, 0.25) is 0 Å². The molecule has 0 N–H and O–H groups in total. The second-order valence-corrected chi connectivity index (χ2v) is 6.69. The van der Waals surface area contributed by atoms with Crippen molar-refractivity contribution in [2.45, 2.75) is 59.3 Å². The van der Waals surface area contributed by atoms with Crippen LogP contribution in [0.25, 0.3) is 12.2 Å². The first kappa shape index (κ1) is 28.6. The molecule has 0 unspecified atom stereocenters. The van der Waals surface area contributed by atoms with Crippen LogP contribution in [-0.4, -0.2) is 0 Å². The van der Waals surface area contributed by atoms with Gasteiger partial charge in [-0.3, -0.25) is 0 Å². The molecule has 0 aliphatic rings. The SMILES string of the molecule is C=CC(=C)C.C=Cc1ccccc1.C=Cc1ccccc1.CCCCCCCC. The van der Waals surface area contributed by atoms with Gasteiger partial charge in [0, 0.05) is 0 Å². The lowest BCUT2D eigenvalue weighted by atomic mass is 10.1. The molecule has 29 heavy (non-hydrogen) atoms. The van der Waals surface area contributed by atoms with Crippen LogP contribution >= 0.6 is 0 Å². The monoisotopic (exact) mass is 390 g/mol. The van der Waals surface area contributed by atoms with Crippen molar-refractivity contribution in [2.75, 3.05) is 0 Å². The number of unbranched alkanes of at least 4 members (excludes halogenated alkanes) is 5. The zero-order valence-electron chi connectivity index (χ0n) is 19.1. The van der Waals surface area contributed by atoms with Gasteiger partial charge in [-0.05, 0) is 18.1 Å². The van der Waals surface area contributed by atoms with Gasteiger partial charge in [0.1, 0.15) is 0 Å². The van der Waals surface area contributed by atoms with Crippen molar-refractivity contribution in [3.05, 3.63) is 110 Å². The van der Waals surface area contributed by atoms with Gasteiger partial charge in [-0.1, -0.05) is 163 Å². The summed E-state index contributed by atoms with van der Waals surface area (Å²) in [6.07, 6.45) is 13.9. The van der Waals surface area contributed by atoms with Crippen LogP contribution in [-0.2, 0) is 0 Å². The van der Waals surface area contributed by atoms with Gasteiger partial charge >= 0.3 is 0 Å². The normalized spacial score (nSPS) is 8.52. The maximum atomic E-state index is 3.63. The predicted molar refractivity (Wildman–Crippen MR) is 137 cm³/mol. The second kappa shape index (κ2) is 23.4. The predicted octanol–water partition coefficient (Wildman–Crippen LogP) is 9.77. The van der Waals surface area contributed by atoms with Crippen LogP contribution in [0.4, 0.5) is 0 Å². The Balaban J connectivity index is 0. The van der Waals surface area contributed by atoms with E-state index < -0.39 is 0 Å². The number of hydrogen-bond acceptors (Lipinski definition) is 0. The van der Waals surface area contributed by atoms with Gasteiger partial charge in [-0.25, -0.2) is 0 Å². The van der Waals surface area contributed by atoms with Gasteiger partial charge in [-0.15, -0.1) is 0 Å². The maximum absolute atomic E-state index is 3.63. The molecule has 0 saturated carbocycles. The molecule has 0 spiro atoms. The highest BCUT2D eigenvalue weighted by Gasteiger charge is 1.83. The van der Waals surface area contributed by atoms with E-state index in [0.29, 0.717) is 0 Å². The van der Waals surface area contributed by atoms with Gasteiger partial charge < -0.3 is 0 Å². The fourth-order valence-corrected chi connectivity index (χ4v) is 2.03. The Morgan fingerprint density at radius 1 is 0.655 bits per heavy atom. The van der Waals surface area contributed by atoms with Gasteiger partial charge in [0.15, 0.2) is 0 Å². The molecule has 2 aromatic rings. The van der Waals surface area contributed by atoms with Crippen molar-refractivity contribution in [1.82, 2.24) is 0 Å². The highest BCUT2D eigenvalue weighted by Crippen LogP contribution is 2.03. The molecule has 0 heteroatoms. The van der Waals surface area contributed by atoms with Crippen molar-refractivity contribution >= 4 is 12.2 Å². The average Bonchev–Trinajstić information content (AvgIpc) is 2.79. The molecule has 0 radical (unpaired) electrons. The Bertz CT molecular complexity index is 570. The Labute approximate surface area is 181 Å². The molecule has 0 bridgehead atoms. The Hall–Kier alpha value is -2.60. The molecule has 0 aliphatic carbocycles. The number of hydrogen-bond donors (Lipinski definition) is 0. The molecule has 0 aliphatic heterocycles. The number of rotatable bonds is 8. The summed E-state index contributed by atoms with van der Waals surface area (Å²) in [5.74, 6) is 0. The molecule has 0 fully saturated rings. The average molecular weight is 391 g/mol. The van der Waals surface area contributed by atoms with E-state index in [1.807, 2.05) is 79.7 Å². The highest BCUT2D eigenvalue weighted by molar-refractivity contribution is 5.46. The quantitative estimate of drug-likeness (QED) is 0.311. The summed E-state index contributed by atoms with van der Waals surface area (Å²) < 4.78 is 0. The third-order valence-corrected chi connectivity index (χ3v) is 3.88. The molecular formula is C29H42. The fourth-order valence-electron chi connectivity index (χ4n) is 2.03. The van der Waals surface area contributed by atoms with E-state index in [-0.39, 0.29) is 0 Å². The molecule has 0 heterocycles. The Kier molecular flexibility index (Phi) is 23.1. The lowest BCUT2D eigenvalue weighted by molar-refractivity contribution is 0.624. The Morgan fingerprint density at radius 3 is 1.14 bits per heavy atom. The standard InChI is InChI=1S/2C8H8.C8H18.C5H8/c2*1-2-8-6-4-3-5-7-8;1-3-5-7-8-6-4-2;1-4-5(2)3/h2*2-7H,1H2;3-8H2,1-2H3;4H,1-2H2,3H3. The van der Waals surface area contributed by atoms with E-state index in [2.05, 4.69) is 40.2 Å². The van der Waals surface area contributed by atoms with Gasteiger partial charge in [-0.2, -0.15) is 0 Å². The summed E-state index contributed by atoms with van der Waals surface area (Å²) >= 11 is 0. The summed E-state index contributed by atoms with van der Waals surface area (Å²) in [5.41, 5.74) is 3.37. The molecular weight excluding hydrogens is 348 g/mol. The van der Waals surface area contributed by atoms with Crippen molar-refractivity contribution < 1.29 is 0 Å². The number of benzene rings is 2. The minimum absolute atomic E-state index is 1.02. The first-order valence-corrected chi connectivity index (χ1v) is 10.7. The fraction of sp³-hybridized carbons (Fsp3) is 0.310. The van der Waals surface area contributed by atoms with E-state index in [1.165, 1.54) is 49.7 Å². The van der Waals surface area contributed by atoms with Crippen molar-refractivity contribution in [3.63, 3.8) is 0 Å². The molecule has 0 nitrogen and oxygen atoms in total. The van der Waals surface area contributed by atoms with E-state index in [9.17, 15) is 0 Å². The minimum Gasteiger partial charge on any atom is -0.0988 e. The third-order valence-electron chi connectivity index (χ3n) is 3.88. The second-order valence-electron chi connectivity index (χ2n) is 6.69. The largest absolute Gasteiger partial charge is 0.0988 e. The van der Waals surface area contributed by atoms with E-state index in [1.54, 1.807) is 6.08 Å². The first-order chi connectivity index (χ1) is 14.0. The summed E-state index contributed by atoms with van der Waals surface area (Å²) in [4.78, 5) is 0. The van der Waals surface area contributed by atoms with Crippen molar-refractivity contribution in [3.8, 4) is 0 Å². The van der Waals surface area contributed by atoms with E-state index >= 15 is 0 Å². The lowest BCUT2D eigenvalue weighted by Gasteiger charge is -1.93. The van der Waals surface area contributed by atoms with Crippen LogP contribution in [0.5, 0.6) is 0 Å². The van der Waals surface area contributed by atoms with Crippen LogP contribution in [0, 0.1) is 0 Å². The van der Waals surface area contributed by atoms with Crippen LogP contribution in [0.3, 0.4) is 0 Å². The minimum atomic E-state index is 1.02. The van der Waals surface area contributed by atoms with Crippen LogP contribution in [0.15, 0.2) is 98.6 Å². The van der Waals surface area contributed by atoms with E-state index in [4.69, 9.17) is 0 Å². The highest BCUT2D eigenvalue weighted by atomic mass is 13.9. The van der Waals surface area contributed by atoms with Gasteiger partial charge in [0.25, 0.3) is 0 Å². The molecule has 0 saturated heterocycles. The molecule has 158 valence electrons. The van der Waals surface area contributed by atoms with Crippen LogP contribution < -0.4 is 0 Å². The third kappa shape index (κ3) is 23.4. The Morgan fingerprint density at radius 2 is 0.966 bits per heavy atom. The zero-order valence-corrected chi connectivity index (χ0v) is 19.1. The summed E-state index contributed by atoms with van der Waals surface area (Å²) in [5, 5.41) is 0. The zero-order chi connectivity index (χ0) is 22.2. The van der Waals surface area contributed by atoms with Crippen LogP contribution in [0.1, 0.15) is 70.4 Å². The van der Waals surface area contributed by atoms with Crippen molar-refractivity contribution in [1.29, 1.82) is 0 Å². The topological polar surface area (TPSA) is 0 Å². The summed E-state index contributed by atoms with van der Waals surface area (Å²) in [6.45, 7) is 20.7. The molecule has 2 rings (SSSR count). The summed E-state index contributed by atoms with van der Waals surface area (Å²) in [7, 11) is 0. The molecule has 2 aromatic carbocycles. The van der Waals surface area contributed by atoms with Gasteiger partial charge in [0.05, 0.1) is 0 Å². The molecule has 0 amide bonds. The smallest absolute Gasteiger partial charge is 0.0263 e. The van der Waals surface area contributed by atoms with Crippen molar-refractivity contribution in [2.24, 2.45) is 0 Å². The molecule has 0 atom stereocenters.